The molecule has 2 N–H and O–H groups in total. The van der Waals surface area contributed by atoms with Gasteiger partial charge in [0.1, 0.15) is 24.4 Å². The van der Waals surface area contributed by atoms with Gasteiger partial charge in [-0.15, -0.1) is 0 Å². The molecule has 4 aliphatic rings. The number of aliphatic hydroxyl groups is 2. The summed E-state index contributed by atoms with van der Waals surface area (Å²) >= 11 is 0. The van der Waals surface area contributed by atoms with Crippen molar-refractivity contribution < 1.29 is 53.1 Å². The molecule has 0 saturated carbocycles. The minimum absolute atomic E-state index is 0.0104. The lowest BCUT2D eigenvalue weighted by Crippen LogP contribution is -2.67. The minimum Gasteiger partial charge on any atom is -0.461 e. The van der Waals surface area contributed by atoms with Crippen molar-refractivity contribution in [1.29, 1.82) is 0 Å². The van der Waals surface area contributed by atoms with Crippen molar-refractivity contribution in [3.8, 4) is 0 Å². The number of hydrogen-bond acceptors (Lipinski definition) is 11. The highest BCUT2D eigenvalue weighted by Crippen LogP contribution is 2.65. The molecule has 2 heterocycles. The molecule has 0 aromatic rings. The molecule has 0 unspecified atom stereocenters. The van der Waals surface area contributed by atoms with Gasteiger partial charge in [-0.05, 0) is 38.8 Å². The monoisotopic (exact) mass is 578 g/mol. The number of esters is 4. The van der Waals surface area contributed by atoms with Crippen LogP contribution in [0.15, 0.2) is 23.8 Å². The molecule has 0 bridgehead atoms. The van der Waals surface area contributed by atoms with Gasteiger partial charge in [0.25, 0.3) is 0 Å². The zero-order valence-corrected chi connectivity index (χ0v) is 24.8. The molecule has 1 spiro atoms. The zero-order valence-electron chi connectivity index (χ0n) is 24.8. The molecule has 2 aliphatic carbocycles. The van der Waals surface area contributed by atoms with E-state index in [1.807, 2.05) is 6.92 Å². The molecule has 2 saturated heterocycles. The minimum atomic E-state index is -1.95. The molecule has 41 heavy (non-hydrogen) atoms. The lowest BCUT2D eigenvalue weighted by Gasteiger charge is -2.54. The maximum absolute atomic E-state index is 13.1. The first-order valence-electron chi connectivity index (χ1n) is 14.3. The van der Waals surface area contributed by atoms with Crippen LogP contribution in [0.4, 0.5) is 0 Å². The Bertz CT molecular complexity index is 1160. The van der Waals surface area contributed by atoms with Crippen molar-refractivity contribution in [2.24, 2.45) is 11.3 Å². The van der Waals surface area contributed by atoms with Crippen molar-refractivity contribution in [3.05, 3.63) is 23.8 Å². The van der Waals surface area contributed by atoms with Crippen LogP contribution in [0, 0.1) is 11.3 Å². The van der Waals surface area contributed by atoms with E-state index in [1.165, 1.54) is 33.8 Å². The van der Waals surface area contributed by atoms with Crippen molar-refractivity contribution in [1.82, 2.24) is 0 Å². The lowest BCUT2D eigenvalue weighted by molar-refractivity contribution is -0.215. The summed E-state index contributed by atoms with van der Waals surface area (Å²) < 4.78 is 29.6. The summed E-state index contributed by atoms with van der Waals surface area (Å²) in [6.45, 7) is 10.8. The summed E-state index contributed by atoms with van der Waals surface area (Å²) in [5.41, 5.74) is -5.84. The van der Waals surface area contributed by atoms with Crippen molar-refractivity contribution in [2.75, 3.05) is 0 Å². The molecule has 0 radical (unpaired) electrons. The molecule has 10 atom stereocenters. The number of ether oxygens (including phenoxy) is 5. The fraction of sp³-hybridized carbons (Fsp3) is 0.733. The molecular weight excluding hydrogens is 536 g/mol. The summed E-state index contributed by atoms with van der Waals surface area (Å²) in [5.74, 6) is -3.60. The Morgan fingerprint density at radius 1 is 1.07 bits per heavy atom. The van der Waals surface area contributed by atoms with E-state index in [1.54, 1.807) is 26.0 Å². The third-order valence-corrected chi connectivity index (χ3v) is 9.29. The van der Waals surface area contributed by atoms with E-state index < -0.39 is 82.5 Å². The van der Waals surface area contributed by atoms with Crippen LogP contribution in [0.25, 0.3) is 0 Å². The number of unbranched alkanes of at least 4 members (excludes halogenated alkanes) is 2. The smallest absolute Gasteiger partial charge is 0.342 e. The van der Waals surface area contributed by atoms with Gasteiger partial charge in [-0.2, -0.15) is 0 Å². The van der Waals surface area contributed by atoms with Crippen LogP contribution >= 0.6 is 0 Å². The standard InChI is InChI=1S/C30H42O11/c1-8-9-10-11-23(34)39-19-15-21(37-17(3)31)27(5)13-12-20(33)28(6,36)24(27)25(38-18(4)32)30-22(14-16(19)2)40-26(35)29(30,7)41-30/h12-14,19-22,24-25,33,36H,8-11,15H2,1-7H3/b16-14-/t19-,20-,21+,22+,24-,25+,27-,28-,29+,30+/m1/s1. The zero-order chi connectivity index (χ0) is 30.5. The van der Waals surface area contributed by atoms with E-state index in [-0.39, 0.29) is 12.8 Å². The van der Waals surface area contributed by atoms with Crippen LogP contribution in [-0.2, 0) is 42.9 Å². The Labute approximate surface area is 240 Å². The largest absolute Gasteiger partial charge is 0.461 e. The van der Waals surface area contributed by atoms with Gasteiger partial charge >= 0.3 is 23.9 Å². The first kappa shape index (κ1) is 31.2. The Morgan fingerprint density at radius 2 is 1.73 bits per heavy atom. The fourth-order valence-electron chi connectivity index (χ4n) is 6.97. The van der Waals surface area contributed by atoms with Crippen molar-refractivity contribution in [3.63, 3.8) is 0 Å². The van der Waals surface area contributed by atoms with E-state index in [0.29, 0.717) is 12.0 Å². The molecule has 11 heteroatoms. The summed E-state index contributed by atoms with van der Waals surface area (Å²) in [6, 6.07) is 0. The van der Waals surface area contributed by atoms with Gasteiger partial charge in [0, 0.05) is 38.0 Å². The average Bonchev–Trinajstić information content (AvgIpc) is 3.45. The third-order valence-electron chi connectivity index (χ3n) is 9.29. The summed E-state index contributed by atoms with van der Waals surface area (Å²) in [5, 5.41) is 22.9. The maximum atomic E-state index is 13.1. The van der Waals surface area contributed by atoms with Gasteiger partial charge in [0.15, 0.2) is 17.3 Å². The third kappa shape index (κ3) is 5.10. The topological polar surface area (TPSA) is 158 Å². The Kier molecular flexibility index (Phi) is 8.23. The number of hydrogen-bond donors (Lipinski definition) is 2. The molecule has 0 aromatic heterocycles. The van der Waals surface area contributed by atoms with Gasteiger partial charge in [0.05, 0.1) is 5.60 Å². The number of fused-ring (bicyclic) bond motifs is 1. The summed E-state index contributed by atoms with van der Waals surface area (Å²) in [7, 11) is 0. The molecule has 0 amide bonds. The predicted molar refractivity (Wildman–Crippen MR) is 143 cm³/mol. The predicted octanol–water partition coefficient (Wildman–Crippen LogP) is 2.45. The highest BCUT2D eigenvalue weighted by molar-refractivity contribution is 5.89. The second-order valence-electron chi connectivity index (χ2n) is 12.3. The van der Waals surface area contributed by atoms with Crippen LogP contribution < -0.4 is 0 Å². The highest BCUT2D eigenvalue weighted by atomic mass is 16.7. The van der Waals surface area contributed by atoms with Gasteiger partial charge in [-0.1, -0.05) is 38.8 Å². The number of carbonyl (C=O) groups excluding carboxylic acids is 4. The second kappa shape index (κ2) is 10.8. The average molecular weight is 579 g/mol. The fourth-order valence-corrected chi connectivity index (χ4v) is 6.97. The van der Waals surface area contributed by atoms with Crippen LogP contribution in [-0.4, -0.2) is 81.4 Å². The number of aliphatic hydroxyl groups excluding tert-OH is 1. The van der Waals surface area contributed by atoms with E-state index in [4.69, 9.17) is 23.7 Å². The normalized spacial score (nSPS) is 44.2. The Hall–Kier alpha value is -2.76. The van der Waals surface area contributed by atoms with Gasteiger partial charge < -0.3 is 33.9 Å². The second-order valence-corrected chi connectivity index (χ2v) is 12.3. The van der Waals surface area contributed by atoms with E-state index in [0.717, 1.165) is 12.8 Å². The molecule has 2 aliphatic heterocycles. The highest BCUT2D eigenvalue weighted by Gasteiger charge is 2.87. The van der Waals surface area contributed by atoms with Gasteiger partial charge in [-0.25, -0.2) is 4.79 Å². The Morgan fingerprint density at radius 3 is 2.32 bits per heavy atom. The van der Waals surface area contributed by atoms with Crippen molar-refractivity contribution >= 4 is 23.9 Å². The van der Waals surface area contributed by atoms with E-state index in [2.05, 4.69) is 0 Å². The van der Waals surface area contributed by atoms with Crippen LogP contribution in [0.2, 0.25) is 0 Å². The molecule has 2 fully saturated rings. The van der Waals surface area contributed by atoms with Crippen LogP contribution in [0.3, 0.4) is 0 Å². The van der Waals surface area contributed by atoms with Gasteiger partial charge in [0.2, 0.25) is 0 Å². The first-order chi connectivity index (χ1) is 19.0. The SMILES string of the molecule is CCCCCC(=O)O[C@@H]1C[C@H](OC(C)=O)[C@@]2(C)C=C[C@@H](O)[C@@](C)(O)[C@@H]2[C@H](OC(C)=O)[C@]23O[C@@]2(C)C(=O)O[C@H]3/C=C\1C. The van der Waals surface area contributed by atoms with Crippen LogP contribution in [0.1, 0.15) is 80.6 Å². The molecule has 228 valence electrons. The lowest BCUT2D eigenvalue weighted by atomic mass is 9.55. The summed E-state index contributed by atoms with van der Waals surface area (Å²) in [4.78, 5) is 51.0. The first-order valence-corrected chi connectivity index (χ1v) is 14.3. The quantitative estimate of drug-likeness (QED) is 0.150. The molecular formula is C30H42O11. The Balaban J connectivity index is 1.93. The number of epoxide rings is 1. The molecule has 0 aromatic carbocycles. The molecule has 4 rings (SSSR count). The van der Waals surface area contributed by atoms with Gasteiger partial charge in [-0.3, -0.25) is 14.4 Å². The molecule has 11 nitrogen and oxygen atoms in total. The summed E-state index contributed by atoms with van der Waals surface area (Å²) in [6.07, 6.45) is 1.56. The maximum Gasteiger partial charge on any atom is 0.342 e. The number of carbonyl (C=O) groups is 4. The van der Waals surface area contributed by atoms with E-state index in [9.17, 15) is 29.4 Å². The number of rotatable bonds is 7. The van der Waals surface area contributed by atoms with Crippen molar-refractivity contribution in [2.45, 2.75) is 128 Å². The van der Waals surface area contributed by atoms with Crippen LogP contribution in [0.5, 0.6) is 0 Å². The van der Waals surface area contributed by atoms with E-state index >= 15 is 0 Å².